The molecule has 132 valence electrons. The van der Waals surface area contributed by atoms with Gasteiger partial charge in [-0.2, -0.15) is 0 Å². The number of carbonyl (C=O) groups excluding carboxylic acids is 2. The quantitative estimate of drug-likeness (QED) is 0.456. The molecule has 0 atom stereocenters. The van der Waals surface area contributed by atoms with E-state index in [1.54, 1.807) is 24.3 Å². The predicted molar refractivity (Wildman–Crippen MR) is 103 cm³/mol. The second kappa shape index (κ2) is 7.35. The van der Waals surface area contributed by atoms with Gasteiger partial charge in [-0.1, -0.05) is 18.2 Å². The lowest BCUT2D eigenvalue weighted by atomic mass is 10.1. The fourth-order valence-corrected chi connectivity index (χ4v) is 3.28. The molecule has 0 aromatic heterocycles. The summed E-state index contributed by atoms with van der Waals surface area (Å²) in [4.78, 5) is 26.0. The van der Waals surface area contributed by atoms with Crippen molar-refractivity contribution in [2.45, 2.75) is 0 Å². The molecule has 2 amide bonds. The summed E-state index contributed by atoms with van der Waals surface area (Å²) < 4.78 is 19.9. The lowest BCUT2D eigenvalue weighted by molar-refractivity contribution is -0.122. The molecule has 1 heterocycles. The van der Waals surface area contributed by atoms with Crippen molar-refractivity contribution in [3.8, 4) is 5.75 Å². The third-order valence-corrected chi connectivity index (χ3v) is 4.59. The van der Waals surface area contributed by atoms with Crippen LogP contribution in [-0.4, -0.2) is 24.0 Å². The van der Waals surface area contributed by atoms with E-state index in [1.165, 1.54) is 31.4 Å². The molecule has 0 saturated carbocycles. The maximum absolute atomic E-state index is 14.1. The zero-order valence-corrected chi connectivity index (χ0v) is 15.9. The average molecular weight is 435 g/mol. The number of halogens is 2. The summed E-state index contributed by atoms with van der Waals surface area (Å²) in [7, 11) is 1.53. The predicted octanol–water partition coefficient (Wildman–Crippen LogP) is 3.43. The number of amides is 2. The molecule has 1 N–H and O–H groups in total. The normalized spacial score (nSPS) is 16.0. The molecule has 8 heteroatoms. The van der Waals surface area contributed by atoms with Gasteiger partial charge in [-0.25, -0.2) is 9.29 Å². The number of hydrogen-bond donors (Lipinski definition) is 1. The van der Waals surface area contributed by atoms with Gasteiger partial charge in [0.25, 0.3) is 11.8 Å². The van der Waals surface area contributed by atoms with Crippen LogP contribution in [-0.2, 0) is 9.59 Å². The van der Waals surface area contributed by atoms with Crippen LogP contribution < -0.4 is 15.0 Å². The molecule has 0 unspecified atom stereocenters. The molecule has 1 fully saturated rings. The van der Waals surface area contributed by atoms with E-state index in [2.05, 4.69) is 21.2 Å². The fourth-order valence-electron chi connectivity index (χ4n) is 2.45. The van der Waals surface area contributed by atoms with Crippen LogP contribution >= 0.6 is 28.1 Å². The molecule has 1 saturated heterocycles. The Balaban J connectivity index is 2.03. The monoisotopic (exact) mass is 434 g/mol. The van der Waals surface area contributed by atoms with Crippen molar-refractivity contribution in [3.63, 3.8) is 0 Å². The highest BCUT2D eigenvalue weighted by atomic mass is 79.9. The van der Waals surface area contributed by atoms with Gasteiger partial charge < -0.3 is 4.74 Å². The van der Waals surface area contributed by atoms with E-state index in [9.17, 15) is 14.0 Å². The Morgan fingerprint density at radius 3 is 2.62 bits per heavy atom. The SMILES string of the molecule is COc1ccc(/C=C2\C(=O)NC(=S)N(c3ccccc3F)C2=O)cc1Br. The zero-order chi connectivity index (χ0) is 18.8. The van der Waals surface area contributed by atoms with Crippen LogP contribution in [0.3, 0.4) is 0 Å². The number of benzene rings is 2. The largest absolute Gasteiger partial charge is 0.496 e. The van der Waals surface area contributed by atoms with Crippen LogP contribution in [0, 0.1) is 5.82 Å². The first-order valence-corrected chi connectivity index (χ1v) is 8.62. The van der Waals surface area contributed by atoms with Gasteiger partial charge in [-0.3, -0.25) is 14.9 Å². The summed E-state index contributed by atoms with van der Waals surface area (Å²) in [6.45, 7) is 0. The van der Waals surface area contributed by atoms with Gasteiger partial charge in [0.1, 0.15) is 17.1 Å². The van der Waals surface area contributed by atoms with E-state index in [4.69, 9.17) is 17.0 Å². The highest BCUT2D eigenvalue weighted by Gasteiger charge is 2.35. The number of para-hydroxylation sites is 1. The highest BCUT2D eigenvalue weighted by Crippen LogP contribution is 2.28. The fraction of sp³-hybridized carbons (Fsp3) is 0.0556. The van der Waals surface area contributed by atoms with Crippen molar-refractivity contribution in [2.24, 2.45) is 0 Å². The smallest absolute Gasteiger partial charge is 0.270 e. The minimum atomic E-state index is -0.698. The maximum Gasteiger partial charge on any atom is 0.270 e. The van der Waals surface area contributed by atoms with Gasteiger partial charge in [-0.15, -0.1) is 0 Å². The minimum absolute atomic E-state index is 0.0238. The topological polar surface area (TPSA) is 58.6 Å². The van der Waals surface area contributed by atoms with Gasteiger partial charge >= 0.3 is 0 Å². The van der Waals surface area contributed by atoms with Crippen molar-refractivity contribution < 1.29 is 18.7 Å². The van der Waals surface area contributed by atoms with Crippen molar-refractivity contribution in [1.82, 2.24) is 5.32 Å². The molecule has 0 radical (unpaired) electrons. The van der Waals surface area contributed by atoms with Gasteiger partial charge in [0, 0.05) is 0 Å². The number of rotatable bonds is 3. The molecule has 26 heavy (non-hydrogen) atoms. The highest BCUT2D eigenvalue weighted by molar-refractivity contribution is 9.10. The Hall–Kier alpha value is -2.58. The molecule has 3 rings (SSSR count). The van der Waals surface area contributed by atoms with Crippen molar-refractivity contribution in [3.05, 3.63) is 63.9 Å². The molecule has 1 aliphatic rings. The molecule has 2 aromatic rings. The molecular weight excluding hydrogens is 423 g/mol. The average Bonchev–Trinajstić information content (AvgIpc) is 2.60. The summed E-state index contributed by atoms with van der Waals surface area (Å²) >= 11 is 8.40. The summed E-state index contributed by atoms with van der Waals surface area (Å²) in [6, 6.07) is 10.8. The van der Waals surface area contributed by atoms with E-state index < -0.39 is 17.6 Å². The Labute approximate surface area is 162 Å². The molecule has 0 spiro atoms. The van der Waals surface area contributed by atoms with Gasteiger partial charge in [-0.05, 0) is 64.1 Å². The molecule has 0 bridgehead atoms. The second-order valence-corrected chi connectivity index (χ2v) is 6.54. The number of ether oxygens (including phenoxy) is 1. The molecule has 5 nitrogen and oxygen atoms in total. The molecule has 1 aliphatic heterocycles. The van der Waals surface area contributed by atoms with E-state index in [0.29, 0.717) is 15.8 Å². The first kappa shape index (κ1) is 18.2. The van der Waals surface area contributed by atoms with E-state index in [0.717, 1.165) is 4.90 Å². The standard InChI is InChI=1S/C18H12BrFN2O3S/c1-25-15-7-6-10(9-12(15)19)8-11-16(23)21-18(26)22(17(11)24)14-5-3-2-4-13(14)20/h2-9H,1H3,(H,21,23,26)/b11-8+. The van der Waals surface area contributed by atoms with Gasteiger partial charge in [0.15, 0.2) is 5.11 Å². The first-order chi connectivity index (χ1) is 12.4. The van der Waals surface area contributed by atoms with E-state index in [-0.39, 0.29) is 16.4 Å². The Morgan fingerprint density at radius 2 is 1.96 bits per heavy atom. The summed E-state index contributed by atoms with van der Waals surface area (Å²) in [5.74, 6) is -1.35. The summed E-state index contributed by atoms with van der Waals surface area (Å²) in [5.41, 5.74) is 0.417. The van der Waals surface area contributed by atoms with Crippen molar-refractivity contribution in [1.29, 1.82) is 0 Å². The maximum atomic E-state index is 14.1. The Bertz CT molecular complexity index is 961. The lowest BCUT2D eigenvalue weighted by Gasteiger charge is -2.29. The number of thiocarbonyl (C=S) groups is 1. The summed E-state index contributed by atoms with van der Waals surface area (Å²) in [6.07, 6.45) is 1.41. The molecule has 2 aromatic carbocycles. The van der Waals surface area contributed by atoms with Crippen LogP contribution in [0.15, 0.2) is 52.5 Å². The number of methoxy groups -OCH3 is 1. The van der Waals surface area contributed by atoms with E-state index >= 15 is 0 Å². The number of hydrogen-bond acceptors (Lipinski definition) is 4. The van der Waals surface area contributed by atoms with Gasteiger partial charge in [0.05, 0.1) is 17.3 Å². The van der Waals surface area contributed by atoms with Crippen LogP contribution in [0.1, 0.15) is 5.56 Å². The van der Waals surface area contributed by atoms with Gasteiger partial charge in [0.2, 0.25) is 0 Å². The third-order valence-electron chi connectivity index (χ3n) is 3.68. The van der Waals surface area contributed by atoms with Crippen LogP contribution in [0.5, 0.6) is 5.75 Å². The first-order valence-electron chi connectivity index (χ1n) is 7.42. The number of nitrogens with one attached hydrogen (secondary N) is 1. The Kier molecular flexibility index (Phi) is 5.15. The Morgan fingerprint density at radius 1 is 1.23 bits per heavy atom. The number of nitrogens with zero attached hydrogens (tertiary/aromatic N) is 1. The number of carbonyl (C=O) groups is 2. The van der Waals surface area contributed by atoms with Crippen LogP contribution in [0.2, 0.25) is 0 Å². The molecular formula is C18H12BrFN2O3S. The summed E-state index contributed by atoms with van der Waals surface area (Å²) in [5, 5.41) is 2.25. The van der Waals surface area contributed by atoms with Crippen molar-refractivity contribution in [2.75, 3.05) is 12.0 Å². The lowest BCUT2D eigenvalue weighted by Crippen LogP contribution is -2.54. The number of anilines is 1. The van der Waals surface area contributed by atoms with Crippen molar-refractivity contribution >= 4 is 56.8 Å². The zero-order valence-electron chi connectivity index (χ0n) is 13.5. The third kappa shape index (κ3) is 3.38. The minimum Gasteiger partial charge on any atom is -0.496 e. The van der Waals surface area contributed by atoms with E-state index in [1.807, 2.05) is 0 Å². The molecule has 0 aliphatic carbocycles. The second-order valence-electron chi connectivity index (χ2n) is 5.30. The van der Waals surface area contributed by atoms with Crippen LogP contribution in [0.4, 0.5) is 10.1 Å². The van der Waals surface area contributed by atoms with Crippen LogP contribution in [0.25, 0.3) is 6.08 Å².